The largest absolute Gasteiger partial charge is 0.454 e. The van der Waals surface area contributed by atoms with Gasteiger partial charge in [0, 0.05) is 25.9 Å². The van der Waals surface area contributed by atoms with Gasteiger partial charge in [-0.2, -0.15) is 0 Å². The van der Waals surface area contributed by atoms with Gasteiger partial charge in [-0.25, -0.2) is 0 Å². The summed E-state index contributed by atoms with van der Waals surface area (Å²) in [6.45, 7) is 5.23. The van der Waals surface area contributed by atoms with Crippen LogP contribution in [0, 0.1) is 6.92 Å². The van der Waals surface area contributed by atoms with E-state index < -0.39 is 6.04 Å². The lowest BCUT2D eigenvalue weighted by Crippen LogP contribution is -2.50. The van der Waals surface area contributed by atoms with Crippen LogP contribution in [0.2, 0.25) is 0 Å². The predicted octanol–water partition coefficient (Wildman–Crippen LogP) is 4.82. The van der Waals surface area contributed by atoms with Crippen molar-refractivity contribution in [1.29, 1.82) is 0 Å². The van der Waals surface area contributed by atoms with E-state index in [1.807, 2.05) is 86.6 Å². The first-order chi connectivity index (χ1) is 17.5. The molecule has 1 heterocycles. The van der Waals surface area contributed by atoms with Gasteiger partial charge < -0.3 is 19.7 Å². The van der Waals surface area contributed by atoms with Gasteiger partial charge in [-0.1, -0.05) is 67.6 Å². The molecule has 0 radical (unpaired) electrons. The van der Waals surface area contributed by atoms with Crippen LogP contribution < -0.4 is 14.8 Å². The second-order valence-corrected chi connectivity index (χ2v) is 9.13. The molecule has 1 atom stereocenters. The molecule has 0 spiro atoms. The van der Waals surface area contributed by atoms with Gasteiger partial charge in [0.25, 0.3) is 0 Å². The Morgan fingerprint density at radius 2 is 1.69 bits per heavy atom. The molecule has 0 aliphatic carbocycles. The fourth-order valence-corrected chi connectivity index (χ4v) is 4.38. The van der Waals surface area contributed by atoms with Crippen LogP contribution in [0.15, 0.2) is 72.8 Å². The molecule has 0 bridgehead atoms. The number of hydrogen-bond donors (Lipinski definition) is 1. The maximum atomic E-state index is 13.8. The van der Waals surface area contributed by atoms with Crippen molar-refractivity contribution in [3.8, 4) is 11.5 Å². The third-order valence-electron chi connectivity index (χ3n) is 6.49. The van der Waals surface area contributed by atoms with Crippen LogP contribution in [0.3, 0.4) is 0 Å². The first-order valence-corrected chi connectivity index (χ1v) is 12.6. The highest BCUT2D eigenvalue weighted by molar-refractivity contribution is 5.88. The third-order valence-corrected chi connectivity index (χ3v) is 6.49. The van der Waals surface area contributed by atoms with Crippen LogP contribution in [0.1, 0.15) is 42.0 Å². The van der Waals surface area contributed by atoms with Crippen molar-refractivity contribution < 1.29 is 19.1 Å². The second kappa shape index (κ2) is 12.2. The van der Waals surface area contributed by atoms with E-state index >= 15 is 0 Å². The van der Waals surface area contributed by atoms with E-state index in [1.165, 1.54) is 0 Å². The van der Waals surface area contributed by atoms with E-state index in [9.17, 15) is 9.59 Å². The molecule has 0 saturated heterocycles. The number of fused-ring (bicyclic) bond motifs is 1. The first kappa shape index (κ1) is 25.3. The summed E-state index contributed by atoms with van der Waals surface area (Å²) in [4.78, 5) is 28.9. The van der Waals surface area contributed by atoms with Gasteiger partial charge in [-0.15, -0.1) is 0 Å². The van der Waals surface area contributed by atoms with E-state index in [2.05, 4.69) is 5.32 Å². The second-order valence-electron chi connectivity index (χ2n) is 9.13. The molecule has 6 heteroatoms. The zero-order valence-corrected chi connectivity index (χ0v) is 21.0. The van der Waals surface area contributed by atoms with Crippen molar-refractivity contribution in [2.24, 2.45) is 0 Å². The Kier molecular flexibility index (Phi) is 8.61. The third kappa shape index (κ3) is 6.45. The molecule has 3 aromatic carbocycles. The number of benzene rings is 3. The summed E-state index contributed by atoms with van der Waals surface area (Å²) < 4.78 is 10.9. The first-order valence-electron chi connectivity index (χ1n) is 12.6. The van der Waals surface area contributed by atoms with Gasteiger partial charge in [-0.05, 0) is 54.2 Å². The molecule has 0 aromatic heterocycles. The van der Waals surface area contributed by atoms with Gasteiger partial charge in [0.15, 0.2) is 11.5 Å². The van der Waals surface area contributed by atoms with Crippen molar-refractivity contribution in [1.82, 2.24) is 10.2 Å². The monoisotopic (exact) mass is 486 g/mol. The van der Waals surface area contributed by atoms with Crippen LogP contribution in [-0.4, -0.2) is 36.1 Å². The zero-order valence-electron chi connectivity index (χ0n) is 21.0. The number of ether oxygens (including phenoxy) is 2. The van der Waals surface area contributed by atoms with Gasteiger partial charge in [0.05, 0.1) is 0 Å². The van der Waals surface area contributed by atoms with Gasteiger partial charge in [0.2, 0.25) is 18.6 Å². The van der Waals surface area contributed by atoms with Crippen LogP contribution in [0.4, 0.5) is 0 Å². The minimum absolute atomic E-state index is 0.0523. The zero-order chi connectivity index (χ0) is 25.3. The Balaban J connectivity index is 1.59. The minimum Gasteiger partial charge on any atom is -0.454 e. The predicted molar refractivity (Wildman–Crippen MR) is 140 cm³/mol. The fraction of sp³-hybridized carbons (Fsp3) is 0.333. The van der Waals surface area contributed by atoms with E-state index in [0.717, 1.165) is 34.4 Å². The molecule has 2 amide bonds. The van der Waals surface area contributed by atoms with Gasteiger partial charge in [-0.3, -0.25) is 9.59 Å². The average molecular weight is 487 g/mol. The summed E-state index contributed by atoms with van der Waals surface area (Å²) in [5.41, 5.74) is 4.15. The number of hydrogen-bond acceptors (Lipinski definition) is 4. The Morgan fingerprint density at radius 1 is 0.944 bits per heavy atom. The Hall–Kier alpha value is -3.80. The number of carbonyl (C=O) groups is 2. The lowest BCUT2D eigenvalue weighted by atomic mass is 10.0. The highest BCUT2D eigenvalue weighted by Crippen LogP contribution is 2.33. The van der Waals surface area contributed by atoms with E-state index in [0.29, 0.717) is 31.7 Å². The lowest BCUT2D eigenvalue weighted by molar-refractivity contribution is -0.141. The maximum Gasteiger partial charge on any atom is 0.243 e. The summed E-state index contributed by atoms with van der Waals surface area (Å²) in [6, 6.07) is 23.1. The molecule has 1 unspecified atom stereocenters. The van der Waals surface area contributed by atoms with Crippen LogP contribution in [0.5, 0.6) is 11.5 Å². The van der Waals surface area contributed by atoms with Crippen LogP contribution in [0.25, 0.3) is 0 Å². The number of amides is 2. The molecule has 188 valence electrons. The smallest absolute Gasteiger partial charge is 0.243 e. The Morgan fingerprint density at radius 3 is 2.47 bits per heavy atom. The molecule has 1 aliphatic rings. The van der Waals surface area contributed by atoms with E-state index in [-0.39, 0.29) is 25.0 Å². The number of rotatable bonds is 11. The SMILES string of the molecule is CCCNC(=O)C(Cc1ccccc1)N(Cc1ccccc1C)C(=O)CCc1ccc2c(c1)OCO2. The molecule has 36 heavy (non-hydrogen) atoms. The number of carbonyl (C=O) groups excluding carboxylic acids is 2. The van der Waals surface area contributed by atoms with Crippen LogP contribution >= 0.6 is 0 Å². The van der Waals surface area contributed by atoms with Crippen LogP contribution in [-0.2, 0) is 29.0 Å². The summed E-state index contributed by atoms with van der Waals surface area (Å²) in [7, 11) is 0. The topological polar surface area (TPSA) is 67.9 Å². The van der Waals surface area contributed by atoms with Crippen molar-refractivity contribution in [2.45, 2.75) is 52.1 Å². The molecule has 1 N–H and O–H groups in total. The molecule has 6 nitrogen and oxygen atoms in total. The summed E-state index contributed by atoms with van der Waals surface area (Å²) in [5.74, 6) is 1.26. The number of nitrogens with one attached hydrogen (secondary N) is 1. The Labute approximate surface area is 213 Å². The number of aryl methyl sites for hydroxylation is 2. The van der Waals surface area contributed by atoms with Crippen molar-refractivity contribution >= 4 is 11.8 Å². The van der Waals surface area contributed by atoms with Crippen molar-refractivity contribution in [2.75, 3.05) is 13.3 Å². The normalized spacial score (nSPS) is 12.7. The lowest BCUT2D eigenvalue weighted by Gasteiger charge is -2.32. The Bertz CT molecular complexity index is 1180. The summed E-state index contributed by atoms with van der Waals surface area (Å²) >= 11 is 0. The van der Waals surface area contributed by atoms with Crippen molar-refractivity contribution in [3.63, 3.8) is 0 Å². The molecule has 3 aromatic rings. The summed E-state index contributed by atoms with van der Waals surface area (Å²) in [5, 5.41) is 3.03. The highest BCUT2D eigenvalue weighted by atomic mass is 16.7. The highest BCUT2D eigenvalue weighted by Gasteiger charge is 2.30. The quantitative estimate of drug-likeness (QED) is 0.422. The van der Waals surface area contributed by atoms with Gasteiger partial charge >= 0.3 is 0 Å². The van der Waals surface area contributed by atoms with E-state index in [4.69, 9.17) is 9.47 Å². The fourth-order valence-electron chi connectivity index (χ4n) is 4.38. The molecule has 1 aliphatic heterocycles. The molecular formula is C30H34N2O4. The molecule has 4 rings (SSSR count). The average Bonchev–Trinajstić information content (AvgIpc) is 3.37. The number of nitrogens with zero attached hydrogens (tertiary/aromatic N) is 1. The van der Waals surface area contributed by atoms with E-state index in [1.54, 1.807) is 4.90 Å². The van der Waals surface area contributed by atoms with Crippen molar-refractivity contribution in [3.05, 3.63) is 95.1 Å². The molecule has 0 saturated carbocycles. The minimum atomic E-state index is -0.609. The maximum absolute atomic E-state index is 13.8. The molecular weight excluding hydrogens is 452 g/mol. The van der Waals surface area contributed by atoms with Gasteiger partial charge in [0.1, 0.15) is 6.04 Å². The standard InChI is InChI=1S/C30H34N2O4/c1-3-17-31-30(34)26(18-23-10-5-4-6-11-23)32(20-25-12-8-7-9-22(25)2)29(33)16-14-24-13-15-27-28(19-24)36-21-35-27/h4-13,15,19,26H,3,14,16-18,20-21H2,1-2H3,(H,31,34). The molecule has 0 fully saturated rings. The summed E-state index contributed by atoms with van der Waals surface area (Å²) in [6.07, 6.45) is 2.13.